The van der Waals surface area contributed by atoms with Crippen LogP contribution >= 0.6 is 0 Å². The number of ether oxygens (including phenoxy) is 2. The third kappa shape index (κ3) is 4.35. The van der Waals surface area contributed by atoms with Crippen LogP contribution in [0.2, 0.25) is 0 Å². The van der Waals surface area contributed by atoms with Gasteiger partial charge in [-0.25, -0.2) is 9.69 Å². The van der Waals surface area contributed by atoms with Crippen LogP contribution in [0, 0.1) is 0 Å². The number of methoxy groups -OCH3 is 1. The Morgan fingerprint density at radius 3 is 2.33 bits per heavy atom. The highest BCUT2D eigenvalue weighted by Gasteiger charge is 2.36. The molecule has 2 aromatic rings. The van der Waals surface area contributed by atoms with Crippen molar-refractivity contribution in [2.24, 2.45) is 0 Å². The number of benzene rings is 2. The lowest BCUT2D eigenvalue weighted by molar-refractivity contribution is -0.122. The number of barbiturate groups is 1. The van der Waals surface area contributed by atoms with E-state index < -0.39 is 17.8 Å². The van der Waals surface area contributed by atoms with Gasteiger partial charge in [-0.1, -0.05) is 25.1 Å². The molecule has 1 aliphatic heterocycles. The number of amides is 4. The van der Waals surface area contributed by atoms with Gasteiger partial charge in [0, 0.05) is 0 Å². The second-order valence-corrected chi connectivity index (χ2v) is 7.05. The Balaban J connectivity index is 1.95. The Labute approximate surface area is 175 Å². The molecule has 30 heavy (non-hydrogen) atoms. The molecule has 2 aromatic carbocycles. The number of nitrogens with one attached hydrogen (secondary N) is 1. The van der Waals surface area contributed by atoms with E-state index in [1.807, 2.05) is 32.9 Å². The van der Waals surface area contributed by atoms with Gasteiger partial charge in [-0.05, 0) is 61.7 Å². The molecular formula is C23H24N2O5. The fourth-order valence-corrected chi connectivity index (χ4v) is 3.06. The molecule has 0 atom stereocenters. The molecule has 0 bridgehead atoms. The maximum absolute atomic E-state index is 13.0. The number of imide groups is 2. The normalized spacial score (nSPS) is 15.6. The highest BCUT2D eigenvalue weighted by Crippen LogP contribution is 2.30. The van der Waals surface area contributed by atoms with Gasteiger partial charge >= 0.3 is 6.03 Å². The smallest absolute Gasteiger partial charge is 0.335 e. The molecule has 0 aliphatic carbocycles. The molecule has 7 nitrogen and oxygen atoms in total. The summed E-state index contributed by atoms with van der Waals surface area (Å²) >= 11 is 0. The summed E-state index contributed by atoms with van der Waals surface area (Å²) in [4.78, 5) is 38.6. The number of anilines is 1. The van der Waals surface area contributed by atoms with Crippen molar-refractivity contribution >= 4 is 29.6 Å². The van der Waals surface area contributed by atoms with Gasteiger partial charge in [-0.3, -0.25) is 14.9 Å². The predicted octanol–water partition coefficient (Wildman–Crippen LogP) is 3.71. The minimum Gasteiger partial charge on any atom is -0.493 e. The number of aryl methyl sites for hydroxylation is 1. The first-order valence-corrected chi connectivity index (χ1v) is 9.69. The quantitative estimate of drug-likeness (QED) is 0.582. The van der Waals surface area contributed by atoms with Crippen LogP contribution in [-0.2, 0) is 16.0 Å². The van der Waals surface area contributed by atoms with Gasteiger partial charge in [-0.2, -0.15) is 0 Å². The zero-order valence-electron chi connectivity index (χ0n) is 17.4. The van der Waals surface area contributed by atoms with Crippen LogP contribution in [0.1, 0.15) is 31.9 Å². The van der Waals surface area contributed by atoms with Crippen LogP contribution in [0.4, 0.5) is 10.5 Å². The van der Waals surface area contributed by atoms with E-state index in [1.165, 1.54) is 13.2 Å². The van der Waals surface area contributed by atoms with E-state index in [4.69, 9.17) is 9.47 Å². The van der Waals surface area contributed by atoms with E-state index in [-0.39, 0.29) is 11.7 Å². The van der Waals surface area contributed by atoms with Crippen LogP contribution in [-0.4, -0.2) is 31.1 Å². The van der Waals surface area contributed by atoms with Crippen LogP contribution in [0.3, 0.4) is 0 Å². The minimum atomic E-state index is -0.773. The maximum atomic E-state index is 13.0. The molecule has 0 spiro atoms. The molecule has 1 aliphatic rings. The van der Waals surface area contributed by atoms with Gasteiger partial charge in [0.1, 0.15) is 5.57 Å². The van der Waals surface area contributed by atoms with E-state index in [2.05, 4.69) is 5.32 Å². The average Bonchev–Trinajstić information content (AvgIpc) is 2.72. The number of hydrogen-bond acceptors (Lipinski definition) is 5. The largest absolute Gasteiger partial charge is 0.493 e. The Bertz CT molecular complexity index is 1010. The number of urea groups is 1. The van der Waals surface area contributed by atoms with Crippen molar-refractivity contribution in [1.29, 1.82) is 0 Å². The first-order chi connectivity index (χ1) is 14.3. The number of carbonyl (C=O) groups excluding carboxylic acids is 3. The van der Waals surface area contributed by atoms with E-state index in [0.717, 1.165) is 16.9 Å². The van der Waals surface area contributed by atoms with Gasteiger partial charge in [-0.15, -0.1) is 0 Å². The minimum absolute atomic E-state index is 0.0347. The number of hydrogen-bond donors (Lipinski definition) is 1. The molecule has 156 valence electrons. The van der Waals surface area contributed by atoms with Crippen molar-refractivity contribution in [3.63, 3.8) is 0 Å². The summed E-state index contributed by atoms with van der Waals surface area (Å²) in [5.74, 6) is -0.394. The van der Waals surface area contributed by atoms with Gasteiger partial charge in [0.25, 0.3) is 11.8 Å². The zero-order valence-corrected chi connectivity index (χ0v) is 17.4. The molecule has 1 N–H and O–H groups in total. The van der Waals surface area contributed by atoms with Crippen LogP contribution < -0.4 is 19.7 Å². The van der Waals surface area contributed by atoms with E-state index in [1.54, 1.807) is 30.3 Å². The first kappa shape index (κ1) is 21.1. The summed E-state index contributed by atoms with van der Waals surface area (Å²) in [5, 5.41) is 2.23. The SMILES string of the molecule is CCc1ccc(N2C(=O)NC(=O)/C(=C/c3ccc(OC(C)C)c(OC)c3)C2=O)cc1. The highest BCUT2D eigenvalue weighted by atomic mass is 16.5. The van der Waals surface area contributed by atoms with Crippen molar-refractivity contribution in [2.75, 3.05) is 12.0 Å². The number of rotatable bonds is 6. The van der Waals surface area contributed by atoms with Crippen molar-refractivity contribution in [3.05, 3.63) is 59.2 Å². The van der Waals surface area contributed by atoms with Crippen LogP contribution in [0.15, 0.2) is 48.0 Å². The second-order valence-electron chi connectivity index (χ2n) is 7.05. The van der Waals surface area contributed by atoms with Crippen molar-refractivity contribution < 1.29 is 23.9 Å². The maximum Gasteiger partial charge on any atom is 0.335 e. The Morgan fingerprint density at radius 1 is 1.03 bits per heavy atom. The van der Waals surface area contributed by atoms with Crippen molar-refractivity contribution in [2.45, 2.75) is 33.3 Å². The summed E-state index contributed by atoms with van der Waals surface area (Å²) in [5.41, 5.74) is 1.89. The molecular weight excluding hydrogens is 384 g/mol. The fraction of sp³-hybridized carbons (Fsp3) is 0.261. The topological polar surface area (TPSA) is 84.9 Å². The molecule has 1 fully saturated rings. The van der Waals surface area contributed by atoms with Crippen molar-refractivity contribution in [1.82, 2.24) is 5.32 Å². The standard InChI is InChI=1S/C23H24N2O5/c1-5-15-6-9-17(10-7-15)25-22(27)18(21(26)24-23(25)28)12-16-8-11-19(30-14(2)3)20(13-16)29-4/h6-14H,5H2,1-4H3,(H,24,26,28)/b18-12-. The molecule has 0 aromatic heterocycles. The lowest BCUT2D eigenvalue weighted by atomic mass is 10.1. The molecule has 0 unspecified atom stereocenters. The molecule has 3 rings (SSSR count). The summed E-state index contributed by atoms with van der Waals surface area (Å²) in [6.07, 6.45) is 2.23. The molecule has 4 amide bonds. The molecule has 1 heterocycles. The van der Waals surface area contributed by atoms with Crippen LogP contribution in [0.25, 0.3) is 6.08 Å². The Hall–Kier alpha value is -3.61. The first-order valence-electron chi connectivity index (χ1n) is 9.69. The summed E-state index contributed by atoms with van der Waals surface area (Å²) < 4.78 is 11.0. The number of carbonyl (C=O) groups is 3. The predicted molar refractivity (Wildman–Crippen MR) is 114 cm³/mol. The van der Waals surface area contributed by atoms with Crippen LogP contribution in [0.5, 0.6) is 11.5 Å². The van der Waals surface area contributed by atoms with Gasteiger partial charge in [0.05, 0.1) is 18.9 Å². The van der Waals surface area contributed by atoms with Gasteiger partial charge < -0.3 is 9.47 Å². The average molecular weight is 408 g/mol. The highest BCUT2D eigenvalue weighted by molar-refractivity contribution is 6.39. The Kier molecular flexibility index (Phi) is 6.20. The Morgan fingerprint density at radius 2 is 1.73 bits per heavy atom. The molecule has 1 saturated heterocycles. The summed E-state index contributed by atoms with van der Waals surface area (Å²) in [7, 11) is 1.51. The summed E-state index contributed by atoms with van der Waals surface area (Å²) in [6, 6.07) is 11.4. The fourth-order valence-electron chi connectivity index (χ4n) is 3.06. The van der Waals surface area contributed by atoms with E-state index >= 15 is 0 Å². The van der Waals surface area contributed by atoms with E-state index in [0.29, 0.717) is 22.7 Å². The zero-order chi connectivity index (χ0) is 21.8. The third-order valence-corrected chi connectivity index (χ3v) is 4.57. The molecule has 0 saturated carbocycles. The second kappa shape index (κ2) is 8.82. The molecule has 7 heteroatoms. The lowest BCUT2D eigenvalue weighted by Crippen LogP contribution is -2.54. The van der Waals surface area contributed by atoms with E-state index in [9.17, 15) is 14.4 Å². The van der Waals surface area contributed by atoms with Crippen molar-refractivity contribution in [3.8, 4) is 11.5 Å². The summed E-state index contributed by atoms with van der Waals surface area (Å²) in [6.45, 7) is 5.82. The lowest BCUT2D eigenvalue weighted by Gasteiger charge is -2.26. The van der Waals surface area contributed by atoms with Gasteiger partial charge in [0.15, 0.2) is 11.5 Å². The molecule has 0 radical (unpaired) electrons. The third-order valence-electron chi connectivity index (χ3n) is 4.57. The number of nitrogens with zero attached hydrogens (tertiary/aromatic N) is 1. The monoisotopic (exact) mass is 408 g/mol. The van der Waals surface area contributed by atoms with Gasteiger partial charge in [0.2, 0.25) is 0 Å².